The SMILES string of the molecule is COc1cccc([C@H]2C3=C(CCCC3=O)Nc3nnnn32)c1OC(C)C. The molecule has 4 rings (SSSR count). The summed E-state index contributed by atoms with van der Waals surface area (Å²) in [4.78, 5) is 12.8. The largest absolute Gasteiger partial charge is 0.493 e. The Balaban J connectivity index is 1.94. The number of carbonyl (C=O) groups is 1. The van der Waals surface area contributed by atoms with Crippen LogP contribution in [0.25, 0.3) is 0 Å². The maximum Gasteiger partial charge on any atom is 0.248 e. The van der Waals surface area contributed by atoms with Gasteiger partial charge in [0.15, 0.2) is 17.3 Å². The Kier molecular flexibility index (Phi) is 4.10. The average molecular weight is 355 g/mol. The molecule has 0 fully saturated rings. The minimum atomic E-state index is -0.437. The van der Waals surface area contributed by atoms with E-state index >= 15 is 0 Å². The smallest absolute Gasteiger partial charge is 0.248 e. The molecule has 0 saturated carbocycles. The molecule has 1 N–H and O–H groups in total. The predicted octanol–water partition coefficient (Wildman–Crippen LogP) is 2.49. The van der Waals surface area contributed by atoms with E-state index in [0.717, 1.165) is 24.1 Å². The summed E-state index contributed by atoms with van der Waals surface area (Å²) >= 11 is 0. The maximum absolute atomic E-state index is 12.8. The van der Waals surface area contributed by atoms with Gasteiger partial charge in [-0.25, -0.2) is 0 Å². The lowest BCUT2D eigenvalue weighted by Gasteiger charge is -2.32. The summed E-state index contributed by atoms with van der Waals surface area (Å²) in [6, 6.07) is 5.24. The second-order valence-corrected chi connectivity index (χ2v) is 6.69. The Bertz CT molecular complexity index is 887. The summed E-state index contributed by atoms with van der Waals surface area (Å²) in [6.07, 6.45) is 2.11. The van der Waals surface area contributed by atoms with Crippen molar-refractivity contribution in [2.75, 3.05) is 12.4 Å². The minimum Gasteiger partial charge on any atom is -0.493 e. The van der Waals surface area contributed by atoms with Gasteiger partial charge in [-0.15, -0.1) is 0 Å². The van der Waals surface area contributed by atoms with Gasteiger partial charge >= 0.3 is 0 Å². The lowest BCUT2D eigenvalue weighted by Crippen LogP contribution is -2.32. The van der Waals surface area contributed by atoms with E-state index in [4.69, 9.17) is 9.47 Å². The molecule has 8 nitrogen and oxygen atoms in total. The number of Topliss-reactive ketones (excluding diaryl/α,β-unsaturated/α-hetero) is 1. The van der Waals surface area contributed by atoms with E-state index in [-0.39, 0.29) is 11.9 Å². The Labute approximate surface area is 151 Å². The lowest BCUT2D eigenvalue weighted by atomic mass is 9.85. The fourth-order valence-corrected chi connectivity index (χ4v) is 3.58. The maximum atomic E-state index is 12.8. The Morgan fingerprint density at radius 3 is 2.92 bits per heavy atom. The summed E-state index contributed by atoms with van der Waals surface area (Å²) in [7, 11) is 1.60. The molecule has 2 aliphatic rings. The zero-order chi connectivity index (χ0) is 18.3. The molecule has 136 valence electrons. The van der Waals surface area contributed by atoms with Crippen LogP contribution < -0.4 is 14.8 Å². The highest BCUT2D eigenvalue weighted by Crippen LogP contribution is 2.45. The van der Waals surface area contributed by atoms with Gasteiger partial charge in [0, 0.05) is 23.3 Å². The number of anilines is 1. The number of hydrogen-bond acceptors (Lipinski definition) is 7. The number of benzene rings is 1. The highest BCUT2D eigenvalue weighted by atomic mass is 16.5. The van der Waals surface area contributed by atoms with Crippen molar-refractivity contribution in [3.8, 4) is 11.5 Å². The Morgan fingerprint density at radius 1 is 1.31 bits per heavy atom. The molecule has 0 radical (unpaired) electrons. The minimum absolute atomic E-state index is 0.0457. The third-order valence-corrected chi connectivity index (χ3v) is 4.61. The van der Waals surface area contributed by atoms with Crippen molar-refractivity contribution in [2.24, 2.45) is 0 Å². The number of nitrogens with zero attached hydrogens (tertiary/aromatic N) is 4. The van der Waals surface area contributed by atoms with Crippen molar-refractivity contribution < 1.29 is 14.3 Å². The first-order valence-corrected chi connectivity index (χ1v) is 8.74. The van der Waals surface area contributed by atoms with Gasteiger partial charge in [-0.2, -0.15) is 4.68 Å². The van der Waals surface area contributed by atoms with Crippen LogP contribution in [0, 0.1) is 0 Å². The van der Waals surface area contributed by atoms with Crippen molar-refractivity contribution in [1.29, 1.82) is 0 Å². The number of aromatic nitrogens is 4. The van der Waals surface area contributed by atoms with Crippen molar-refractivity contribution in [3.05, 3.63) is 35.0 Å². The summed E-state index contributed by atoms with van der Waals surface area (Å²) in [5.74, 6) is 1.88. The van der Waals surface area contributed by atoms with Gasteiger partial charge in [0.05, 0.1) is 13.2 Å². The number of ketones is 1. The molecule has 0 bridgehead atoms. The first kappa shape index (κ1) is 16.6. The fourth-order valence-electron chi connectivity index (χ4n) is 3.58. The van der Waals surface area contributed by atoms with Crippen LogP contribution in [-0.4, -0.2) is 39.2 Å². The van der Waals surface area contributed by atoms with E-state index in [0.29, 0.717) is 29.4 Å². The molecule has 0 amide bonds. The number of allylic oxidation sites excluding steroid dienone is 2. The summed E-state index contributed by atoms with van der Waals surface area (Å²) in [5, 5.41) is 15.2. The third-order valence-electron chi connectivity index (χ3n) is 4.61. The monoisotopic (exact) mass is 355 g/mol. The molecular weight excluding hydrogens is 334 g/mol. The van der Waals surface area contributed by atoms with Crippen LogP contribution in [0.2, 0.25) is 0 Å². The molecule has 2 heterocycles. The van der Waals surface area contributed by atoms with Crippen molar-refractivity contribution in [2.45, 2.75) is 45.3 Å². The van der Waals surface area contributed by atoms with E-state index in [1.165, 1.54) is 0 Å². The number of fused-ring (bicyclic) bond motifs is 1. The zero-order valence-corrected chi connectivity index (χ0v) is 15.0. The number of tetrazole rings is 1. The molecule has 1 aliphatic carbocycles. The highest BCUT2D eigenvalue weighted by molar-refractivity contribution is 5.99. The number of carbonyl (C=O) groups excluding carboxylic acids is 1. The second-order valence-electron chi connectivity index (χ2n) is 6.69. The van der Waals surface area contributed by atoms with Gasteiger partial charge in [-0.05, 0) is 43.2 Å². The first-order valence-electron chi connectivity index (χ1n) is 8.74. The zero-order valence-electron chi connectivity index (χ0n) is 15.0. The third kappa shape index (κ3) is 2.61. The van der Waals surface area contributed by atoms with E-state index in [9.17, 15) is 4.79 Å². The van der Waals surface area contributed by atoms with Gasteiger partial charge < -0.3 is 14.8 Å². The number of rotatable bonds is 4. The Hall–Kier alpha value is -2.90. The van der Waals surface area contributed by atoms with Gasteiger partial charge in [0.25, 0.3) is 0 Å². The van der Waals surface area contributed by atoms with Crippen LogP contribution in [-0.2, 0) is 4.79 Å². The molecule has 0 saturated heterocycles. The van der Waals surface area contributed by atoms with Crippen LogP contribution >= 0.6 is 0 Å². The highest BCUT2D eigenvalue weighted by Gasteiger charge is 2.38. The summed E-state index contributed by atoms with van der Waals surface area (Å²) in [5.41, 5.74) is 2.42. The molecule has 1 aromatic heterocycles. The Morgan fingerprint density at radius 2 is 2.15 bits per heavy atom. The lowest BCUT2D eigenvalue weighted by molar-refractivity contribution is -0.116. The van der Waals surface area contributed by atoms with Crippen LogP contribution in [0.3, 0.4) is 0 Å². The molecule has 8 heteroatoms. The summed E-state index contributed by atoms with van der Waals surface area (Å²) < 4.78 is 13.2. The molecule has 26 heavy (non-hydrogen) atoms. The fraction of sp³-hybridized carbons (Fsp3) is 0.444. The van der Waals surface area contributed by atoms with Crippen molar-refractivity contribution >= 4 is 11.7 Å². The second kappa shape index (κ2) is 6.44. The van der Waals surface area contributed by atoms with Crippen molar-refractivity contribution in [1.82, 2.24) is 20.2 Å². The van der Waals surface area contributed by atoms with E-state index in [1.54, 1.807) is 11.8 Å². The predicted molar refractivity (Wildman–Crippen MR) is 94.2 cm³/mol. The van der Waals surface area contributed by atoms with E-state index < -0.39 is 6.04 Å². The number of ether oxygens (including phenoxy) is 2. The number of methoxy groups -OCH3 is 1. The topological polar surface area (TPSA) is 91.2 Å². The molecule has 1 aromatic carbocycles. The number of hydrogen-bond donors (Lipinski definition) is 1. The van der Waals surface area contributed by atoms with Crippen LogP contribution in [0.5, 0.6) is 11.5 Å². The average Bonchev–Trinajstić information content (AvgIpc) is 3.08. The van der Waals surface area contributed by atoms with Gasteiger partial charge in [-0.3, -0.25) is 4.79 Å². The van der Waals surface area contributed by atoms with Crippen LogP contribution in [0.4, 0.5) is 5.95 Å². The molecule has 2 aromatic rings. The molecule has 0 spiro atoms. The quantitative estimate of drug-likeness (QED) is 0.901. The standard InChI is InChI=1S/C18H21N5O3/c1-10(2)26-17-11(6-4-9-14(17)25-3)16-15-12(7-5-8-13(15)24)19-18-20-21-22-23(16)18/h4,6,9-10,16H,5,7-8H2,1-3H3,(H,19,20,22)/t16-/m0/s1. The number of para-hydroxylation sites is 1. The van der Waals surface area contributed by atoms with E-state index in [2.05, 4.69) is 20.8 Å². The van der Waals surface area contributed by atoms with Gasteiger partial charge in [-0.1, -0.05) is 17.2 Å². The molecule has 0 unspecified atom stereocenters. The van der Waals surface area contributed by atoms with Gasteiger partial charge in [0.1, 0.15) is 6.04 Å². The van der Waals surface area contributed by atoms with E-state index in [1.807, 2.05) is 32.0 Å². The van der Waals surface area contributed by atoms with Crippen LogP contribution in [0.1, 0.15) is 44.7 Å². The molecule has 1 aliphatic heterocycles. The first-order chi connectivity index (χ1) is 12.6. The molecular formula is C18H21N5O3. The summed E-state index contributed by atoms with van der Waals surface area (Å²) in [6.45, 7) is 3.91. The number of nitrogens with one attached hydrogen (secondary N) is 1. The normalized spacial score (nSPS) is 19.1. The van der Waals surface area contributed by atoms with Crippen molar-refractivity contribution in [3.63, 3.8) is 0 Å². The van der Waals surface area contributed by atoms with Gasteiger partial charge in [0.2, 0.25) is 5.95 Å². The molecule has 1 atom stereocenters. The van der Waals surface area contributed by atoms with Crippen LogP contribution in [0.15, 0.2) is 29.5 Å².